The van der Waals surface area contributed by atoms with Crippen LogP contribution in [0.1, 0.15) is 11.3 Å². The predicted octanol–water partition coefficient (Wildman–Crippen LogP) is 3.34. The molecule has 3 N–H and O–H groups in total. The molecule has 0 aliphatic rings. The second kappa shape index (κ2) is 6.98. The number of nitrogens with two attached hydrogens (primary N) is 1. The molecular formula is C18H19N3O2. The van der Waals surface area contributed by atoms with Gasteiger partial charge in [0, 0.05) is 24.2 Å². The maximum absolute atomic E-state index is 6.09. The van der Waals surface area contributed by atoms with E-state index < -0.39 is 0 Å². The lowest BCUT2D eigenvalue weighted by atomic mass is 10.1. The van der Waals surface area contributed by atoms with Crippen LogP contribution < -0.4 is 10.5 Å². The monoisotopic (exact) mass is 309 g/mol. The molecule has 0 saturated carbocycles. The van der Waals surface area contributed by atoms with Crippen molar-refractivity contribution in [1.82, 2.24) is 10.2 Å². The number of hydrogen-bond donors (Lipinski definition) is 2. The molecule has 0 aliphatic heterocycles. The fraction of sp³-hybridized carbons (Fsp3) is 0.167. The fourth-order valence-electron chi connectivity index (χ4n) is 2.32. The quantitative estimate of drug-likeness (QED) is 0.541. The highest BCUT2D eigenvalue weighted by molar-refractivity contribution is 5.90. The normalized spacial score (nSPS) is 11.3. The molecule has 5 heteroatoms. The van der Waals surface area contributed by atoms with Gasteiger partial charge in [-0.05, 0) is 29.8 Å². The summed E-state index contributed by atoms with van der Waals surface area (Å²) in [4.78, 5) is 0. The molecule has 0 amide bonds. The minimum absolute atomic E-state index is 0.504. The molecule has 0 bridgehead atoms. The van der Waals surface area contributed by atoms with E-state index in [1.54, 1.807) is 7.11 Å². The van der Waals surface area contributed by atoms with E-state index in [0.717, 1.165) is 27.9 Å². The molecule has 118 valence electrons. The zero-order chi connectivity index (χ0) is 16.1. The highest BCUT2D eigenvalue weighted by Gasteiger charge is 2.03. The summed E-state index contributed by atoms with van der Waals surface area (Å²) in [6.45, 7) is 1.05. The molecule has 23 heavy (non-hydrogen) atoms. The van der Waals surface area contributed by atoms with Gasteiger partial charge in [0.1, 0.15) is 12.4 Å². The molecule has 0 spiro atoms. The van der Waals surface area contributed by atoms with Crippen LogP contribution in [0.5, 0.6) is 5.75 Å². The molecule has 3 rings (SSSR count). The molecule has 2 aromatic carbocycles. The molecule has 0 fully saturated rings. The van der Waals surface area contributed by atoms with Crippen LogP contribution in [0.3, 0.4) is 0 Å². The van der Waals surface area contributed by atoms with Crippen molar-refractivity contribution in [2.24, 2.45) is 0 Å². The number of nitrogens with zero attached hydrogens (tertiary/aromatic N) is 1. The number of hydrogen-bond acceptors (Lipinski definition) is 4. The van der Waals surface area contributed by atoms with Gasteiger partial charge in [-0.3, -0.25) is 5.10 Å². The summed E-state index contributed by atoms with van der Waals surface area (Å²) < 4.78 is 10.5. The Balaban J connectivity index is 1.77. The van der Waals surface area contributed by atoms with E-state index >= 15 is 0 Å². The smallest absolute Gasteiger partial charge is 0.121 e. The highest BCUT2D eigenvalue weighted by atomic mass is 16.5. The van der Waals surface area contributed by atoms with E-state index in [1.165, 1.54) is 0 Å². The largest absolute Gasteiger partial charge is 0.491 e. The summed E-state index contributed by atoms with van der Waals surface area (Å²) in [5, 5.41) is 8.41. The highest BCUT2D eigenvalue weighted by Crippen LogP contribution is 2.23. The third kappa shape index (κ3) is 3.52. The lowest BCUT2D eigenvalue weighted by molar-refractivity contribution is 0.146. The van der Waals surface area contributed by atoms with Gasteiger partial charge < -0.3 is 15.2 Å². The Hall–Kier alpha value is -2.79. The first kappa shape index (κ1) is 15.1. The van der Waals surface area contributed by atoms with Crippen LogP contribution in [0.2, 0.25) is 0 Å². The minimum Gasteiger partial charge on any atom is -0.491 e. The van der Waals surface area contributed by atoms with Gasteiger partial charge in [0.2, 0.25) is 0 Å². The first-order valence-electron chi connectivity index (χ1n) is 7.40. The van der Waals surface area contributed by atoms with E-state index in [4.69, 9.17) is 15.2 Å². The predicted molar refractivity (Wildman–Crippen MR) is 93.2 cm³/mol. The van der Waals surface area contributed by atoms with Crippen LogP contribution in [-0.4, -0.2) is 30.5 Å². The molecule has 0 unspecified atom stereocenters. The van der Waals surface area contributed by atoms with Gasteiger partial charge in [-0.15, -0.1) is 0 Å². The Morgan fingerprint density at radius 1 is 1.13 bits per heavy atom. The molecule has 1 aromatic heterocycles. The number of aromatic amines is 1. The average molecular weight is 309 g/mol. The fourth-order valence-corrected chi connectivity index (χ4v) is 2.32. The summed E-state index contributed by atoms with van der Waals surface area (Å²) in [5.41, 5.74) is 9.58. The Bertz CT molecular complexity index is 824. The van der Waals surface area contributed by atoms with Crippen molar-refractivity contribution in [3.8, 4) is 5.75 Å². The maximum atomic E-state index is 6.09. The van der Waals surface area contributed by atoms with Crippen molar-refractivity contribution in [2.75, 3.05) is 26.1 Å². The molecule has 5 nitrogen and oxygen atoms in total. The van der Waals surface area contributed by atoms with Crippen LogP contribution in [-0.2, 0) is 4.74 Å². The van der Waals surface area contributed by atoms with E-state index in [2.05, 4.69) is 10.2 Å². The number of nitrogens with one attached hydrogen (secondary N) is 1. The van der Waals surface area contributed by atoms with Crippen molar-refractivity contribution in [3.05, 3.63) is 53.7 Å². The number of para-hydroxylation sites is 1. The van der Waals surface area contributed by atoms with Crippen LogP contribution in [0, 0.1) is 0 Å². The van der Waals surface area contributed by atoms with E-state index in [0.29, 0.717) is 18.9 Å². The Kier molecular flexibility index (Phi) is 4.59. The molecular weight excluding hydrogens is 290 g/mol. The standard InChI is InChI=1S/C18H19N3O2/c1-22-10-11-23-14-8-6-13(16(19)12-14)7-9-18-15-4-2-3-5-17(15)20-21-18/h2-9,12H,10-11,19H2,1H3,(H,20,21)/b9-7+. The minimum atomic E-state index is 0.504. The van der Waals surface area contributed by atoms with Crippen molar-refractivity contribution in [3.63, 3.8) is 0 Å². The van der Waals surface area contributed by atoms with Crippen molar-refractivity contribution in [1.29, 1.82) is 0 Å². The zero-order valence-electron chi connectivity index (χ0n) is 13.0. The Morgan fingerprint density at radius 2 is 2.00 bits per heavy atom. The van der Waals surface area contributed by atoms with Crippen molar-refractivity contribution in [2.45, 2.75) is 0 Å². The summed E-state index contributed by atoms with van der Waals surface area (Å²) in [7, 11) is 1.64. The second-order valence-corrected chi connectivity index (χ2v) is 5.12. The van der Waals surface area contributed by atoms with Crippen LogP contribution in [0.15, 0.2) is 42.5 Å². The van der Waals surface area contributed by atoms with E-state index in [-0.39, 0.29) is 0 Å². The number of methoxy groups -OCH3 is 1. The van der Waals surface area contributed by atoms with Gasteiger partial charge in [-0.1, -0.05) is 24.3 Å². The first-order valence-corrected chi connectivity index (χ1v) is 7.40. The molecule has 0 atom stereocenters. The summed E-state index contributed by atoms with van der Waals surface area (Å²) in [6.07, 6.45) is 3.91. The van der Waals surface area contributed by atoms with Gasteiger partial charge in [0.25, 0.3) is 0 Å². The molecule has 0 radical (unpaired) electrons. The van der Waals surface area contributed by atoms with Crippen molar-refractivity contribution < 1.29 is 9.47 Å². The maximum Gasteiger partial charge on any atom is 0.121 e. The lowest BCUT2D eigenvalue weighted by Gasteiger charge is -2.07. The van der Waals surface area contributed by atoms with E-state index in [9.17, 15) is 0 Å². The SMILES string of the molecule is COCCOc1ccc(/C=C/c2n[nH]c3ccccc23)c(N)c1. The van der Waals surface area contributed by atoms with Crippen LogP contribution >= 0.6 is 0 Å². The molecule has 1 heterocycles. The summed E-state index contributed by atoms with van der Waals surface area (Å²) in [6, 6.07) is 13.7. The third-order valence-electron chi connectivity index (χ3n) is 3.54. The number of rotatable bonds is 6. The average Bonchev–Trinajstić information content (AvgIpc) is 2.98. The molecule has 0 aliphatic carbocycles. The molecule has 0 saturated heterocycles. The van der Waals surface area contributed by atoms with Gasteiger partial charge in [-0.25, -0.2) is 0 Å². The number of H-pyrrole nitrogens is 1. The Labute approximate surface area is 134 Å². The van der Waals surface area contributed by atoms with Gasteiger partial charge in [0.05, 0.1) is 17.8 Å². The summed E-state index contributed by atoms with van der Waals surface area (Å²) >= 11 is 0. The second-order valence-electron chi connectivity index (χ2n) is 5.12. The third-order valence-corrected chi connectivity index (χ3v) is 3.54. The number of ether oxygens (including phenoxy) is 2. The number of aromatic nitrogens is 2. The Morgan fingerprint density at radius 3 is 2.83 bits per heavy atom. The van der Waals surface area contributed by atoms with Gasteiger partial charge in [-0.2, -0.15) is 5.10 Å². The zero-order valence-corrected chi connectivity index (χ0v) is 13.0. The van der Waals surface area contributed by atoms with Crippen molar-refractivity contribution >= 4 is 28.7 Å². The lowest BCUT2D eigenvalue weighted by Crippen LogP contribution is -2.04. The van der Waals surface area contributed by atoms with Crippen LogP contribution in [0.25, 0.3) is 23.1 Å². The first-order chi connectivity index (χ1) is 11.3. The number of anilines is 1. The number of nitrogen functional groups attached to an aromatic ring is 1. The van der Waals surface area contributed by atoms with Gasteiger partial charge >= 0.3 is 0 Å². The number of fused-ring (bicyclic) bond motifs is 1. The van der Waals surface area contributed by atoms with Gasteiger partial charge in [0.15, 0.2) is 0 Å². The van der Waals surface area contributed by atoms with E-state index in [1.807, 2.05) is 54.6 Å². The molecule has 3 aromatic rings. The topological polar surface area (TPSA) is 73.2 Å². The summed E-state index contributed by atoms with van der Waals surface area (Å²) in [5.74, 6) is 0.738. The number of benzene rings is 2. The van der Waals surface area contributed by atoms with Crippen LogP contribution in [0.4, 0.5) is 5.69 Å².